The lowest BCUT2D eigenvalue weighted by Crippen LogP contribution is -2.52. The number of alkyl halides is 3. The van der Waals surface area contributed by atoms with Crippen molar-refractivity contribution in [1.82, 2.24) is 0 Å². The van der Waals surface area contributed by atoms with Gasteiger partial charge in [-0.25, -0.2) is 0 Å². The number of allylic oxidation sites excluding steroid dienone is 4. The van der Waals surface area contributed by atoms with Crippen molar-refractivity contribution in [3.63, 3.8) is 0 Å². The van der Waals surface area contributed by atoms with Gasteiger partial charge in [-0.1, -0.05) is 37.5 Å². The Labute approximate surface area is 232 Å². The van der Waals surface area contributed by atoms with Crippen LogP contribution in [0.1, 0.15) is 70.8 Å². The molecule has 0 aliphatic heterocycles. The molecule has 4 aliphatic carbocycles. The third kappa shape index (κ3) is 4.67. The Morgan fingerprint density at radius 1 is 1.18 bits per heavy atom. The predicted octanol–water partition coefficient (Wildman–Crippen LogP) is 6.10. The third-order valence-corrected chi connectivity index (χ3v) is 9.92. The van der Waals surface area contributed by atoms with Gasteiger partial charge >= 0.3 is 12.1 Å². The monoisotopic (exact) mass is 553 g/mol. The topological polar surface area (TPSA) is 86.5 Å². The molecule has 1 aromatic carbocycles. The maximum Gasteiger partial charge on any atom is 0.457 e. The highest BCUT2D eigenvalue weighted by molar-refractivity contribution is 5.93. The molecule has 0 radical (unpaired) electrons. The summed E-state index contributed by atoms with van der Waals surface area (Å²) in [7, 11) is 0. The van der Waals surface area contributed by atoms with Crippen molar-refractivity contribution in [3.8, 4) is 11.8 Å². The molecule has 0 spiro atoms. The molecule has 0 aromatic heterocycles. The average molecular weight is 554 g/mol. The number of nitrogen functional groups attached to an aromatic ring is 1. The van der Waals surface area contributed by atoms with E-state index in [1.54, 1.807) is 6.08 Å². The largest absolute Gasteiger partial charge is 0.458 e. The maximum atomic E-state index is 13.8. The van der Waals surface area contributed by atoms with Crippen LogP contribution in [0.4, 0.5) is 18.9 Å². The highest BCUT2D eigenvalue weighted by atomic mass is 19.4. The van der Waals surface area contributed by atoms with E-state index in [1.165, 1.54) is 24.0 Å². The SMILES string of the molecule is CC(=O)OCC(=O)[C@]1(C#CC(F)(F)F)CC[C@H]2[C@@H]3CC(C)C4=CC(=O)CCC4=C3[C@@H](c3ccc(N)cc3)C[C@@]21C. The summed E-state index contributed by atoms with van der Waals surface area (Å²) in [5.41, 5.74) is 8.55. The van der Waals surface area contributed by atoms with Gasteiger partial charge in [0.1, 0.15) is 0 Å². The summed E-state index contributed by atoms with van der Waals surface area (Å²) in [5, 5.41) is 0. The quantitative estimate of drug-likeness (QED) is 0.277. The molecule has 1 unspecified atom stereocenters. The van der Waals surface area contributed by atoms with Crippen LogP contribution in [0.3, 0.4) is 0 Å². The molecule has 4 aliphatic rings. The number of nitrogens with two attached hydrogens (primary N) is 1. The standard InChI is InChI=1S/C32H34F3NO4/c1-18-14-25-27-10-11-31(12-13-32(33,34)35,28(39)17-40-19(2)37)30(27,3)16-26(20-4-6-21(36)7-5-20)29(25)23-9-8-22(38)15-24(18)23/h4-7,15,18,25-27H,8-11,14,16-17,36H2,1-3H3/t18?,25-,26+,27-,30-,31+/m0/s1. The van der Waals surface area contributed by atoms with E-state index >= 15 is 0 Å². The summed E-state index contributed by atoms with van der Waals surface area (Å²) in [6, 6.07) is 7.52. The molecular weight excluding hydrogens is 519 g/mol. The minimum Gasteiger partial charge on any atom is -0.458 e. The molecule has 8 heteroatoms. The molecule has 1 aromatic rings. The van der Waals surface area contributed by atoms with Gasteiger partial charge in [-0.05, 0) is 90.2 Å². The first-order chi connectivity index (χ1) is 18.8. The number of carbonyl (C=O) groups excluding carboxylic acids is 3. The molecule has 2 fully saturated rings. The number of ether oxygens (including phenoxy) is 1. The fourth-order valence-electron chi connectivity index (χ4n) is 8.21. The van der Waals surface area contributed by atoms with Gasteiger partial charge in [0.05, 0.1) is 5.41 Å². The van der Waals surface area contributed by atoms with Gasteiger partial charge in [0.25, 0.3) is 0 Å². The Bertz CT molecular complexity index is 1380. The highest BCUT2D eigenvalue weighted by Gasteiger charge is 2.66. The molecule has 5 nitrogen and oxygen atoms in total. The van der Waals surface area contributed by atoms with E-state index in [4.69, 9.17) is 10.5 Å². The summed E-state index contributed by atoms with van der Waals surface area (Å²) in [6.45, 7) is 4.57. The molecule has 6 atom stereocenters. The first-order valence-electron chi connectivity index (χ1n) is 13.9. The van der Waals surface area contributed by atoms with E-state index < -0.39 is 35.4 Å². The van der Waals surface area contributed by atoms with Gasteiger partial charge in [0, 0.05) is 30.9 Å². The van der Waals surface area contributed by atoms with Crippen LogP contribution in [0.5, 0.6) is 0 Å². The number of benzene rings is 1. The van der Waals surface area contributed by atoms with Crippen LogP contribution in [0.15, 0.2) is 47.1 Å². The Morgan fingerprint density at radius 3 is 2.52 bits per heavy atom. The van der Waals surface area contributed by atoms with E-state index in [-0.39, 0.29) is 35.9 Å². The normalized spacial score (nSPS) is 33.1. The lowest BCUT2D eigenvalue weighted by molar-refractivity contribution is -0.150. The fraction of sp³-hybridized carbons (Fsp3) is 0.531. The minimum absolute atomic E-state index is 0.0211. The van der Waals surface area contributed by atoms with Crippen LogP contribution in [0.25, 0.3) is 0 Å². The first kappa shape index (κ1) is 28.2. The number of anilines is 1. The number of halogens is 3. The van der Waals surface area contributed by atoms with Crippen molar-refractivity contribution in [2.75, 3.05) is 12.3 Å². The third-order valence-electron chi connectivity index (χ3n) is 9.92. The Morgan fingerprint density at radius 2 is 1.88 bits per heavy atom. The predicted molar refractivity (Wildman–Crippen MR) is 144 cm³/mol. The van der Waals surface area contributed by atoms with Gasteiger partial charge < -0.3 is 10.5 Å². The number of Topliss-reactive ketones (excluding diaryl/α,β-unsaturated/α-hetero) is 1. The number of esters is 1. The van der Waals surface area contributed by atoms with Crippen LogP contribution in [-0.2, 0) is 19.1 Å². The molecule has 0 amide bonds. The van der Waals surface area contributed by atoms with E-state index in [1.807, 2.05) is 31.2 Å². The van der Waals surface area contributed by atoms with Crippen LogP contribution in [-0.4, -0.2) is 30.3 Å². The van der Waals surface area contributed by atoms with E-state index in [9.17, 15) is 27.6 Å². The van der Waals surface area contributed by atoms with Gasteiger partial charge in [0.15, 0.2) is 18.2 Å². The zero-order valence-electron chi connectivity index (χ0n) is 23.0. The second kappa shape index (κ2) is 9.94. The molecule has 0 bridgehead atoms. The smallest absolute Gasteiger partial charge is 0.457 e. The van der Waals surface area contributed by atoms with Crippen molar-refractivity contribution in [1.29, 1.82) is 0 Å². The second-order valence-electron chi connectivity index (χ2n) is 12.1. The van der Waals surface area contributed by atoms with Gasteiger partial charge in [-0.3, -0.25) is 14.4 Å². The Hall–Kier alpha value is -3.34. The highest BCUT2D eigenvalue weighted by Crippen LogP contribution is 2.70. The number of hydrogen-bond donors (Lipinski definition) is 1. The van der Waals surface area contributed by atoms with E-state index in [0.717, 1.165) is 17.6 Å². The van der Waals surface area contributed by atoms with Crippen molar-refractivity contribution >= 4 is 23.2 Å². The van der Waals surface area contributed by atoms with Crippen LogP contribution in [0.2, 0.25) is 0 Å². The lowest BCUT2D eigenvalue weighted by atomic mass is 9.47. The van der Waals surface area contributed by atoms with E-state index in [0.29, 0.717) is 31.4 Å². The summed E-state index contributed by atoms with van der Waals surface area (Å²) in [6.07, 6.45) is -0.0719. The Balaban J connectivity index is 1.71. The van der Waals surface area contributed by atoms with Crippen LogP contribution >= 0.6 is 0 Å². The van der Waals surface area contributed by atoms with Crippen molar-refractivity contribution in [3.05, 3.63) is 52.6 Å². The number of hydrogen-bond acceptors (Lipinski definition) is 5. The lowest BCUT2D eigenvalue weighted by Gasteiger charge is -2.55. The maximum absolute atomic E-state index is 13.8. The molecule has 40 heavy (non-hydrogen) atoms. The molecule has 2 saturated carbocycles. The average Bonchev–Trinajstić information content (AvgIpc) is 3.19. The van der Waals surface area contributed by atoms with Crippen LogP contribution in [0, 0.1) is 40.4 Å². The molecule has 5 rings (SSSR count). The van der Waals surface area contributed by atoms with Crippen molar-refractivity contribution in [2.45, 2.75) is 71.4 Å². The van der Waals surface area contributed by atoms with Gasteiger partial charge in [-0.2, -0.15) is 13.2 Å². The number of rotatable bonds is 4. The second-order valence-corrected chi connectivity index (χ2v) is 12.1. The van der Waals surface area contributed by atoms with Crippen LogP contribution < -0.4 is 5.73 Å². The van der Waals surface area contributed by atoms with Gasteiger partial charge in [-0.15, -0.1) is 0 Å². The fourth-order valence-corrected chi connectivity index (χ4v) is 8.21. The minimum atomic E-state index is -4.77. The zero-order valence-corrected chi connectivity index (χ0v) is 23.0. The zero-order chi connectivity index (χ0) is 29.0. The summed E-state index contributed by atoms with van der Waals surface area (Å²) < 4.78 is 45.5. The number of fused-ring (bicyclic) bond motifs is 4. The first-order valence-corrected chi connectivity index (χ1v) is 13.9. The number of ketones is 2. The van der Waals surface area contributed by atoms with E-state index in [2.05, 4.69) is 12.8 Å². The molecule has 0 heterocycles. The molecule has 212 valence electrons. The Kier molecular flexibility index (Phi) is 7.00. The van der Waals surface area contributed by atoms with Gasteiger partial charge in [0.2, 0.25) is 0 Å². The molecule has 0 saturated heterocycles. The summed E-state index contributed by atoms with van der Waals surface area (Å²) >= 11 is 0. The molecular formula is C32H34F3NO4. The van der Waals surface area contributed by atoms with Crippen molar-refractivity contribution in [2.24, 2.45) is 28.6 Å². The number of carbonyl (C=O) groups is 3. The summed E-state index contributed by atoms with van der Waals surface area (Å²) in [5.74, 6) is 2.60. The summed E-state index contributed by atoms with van der Waals surface area (Å²) in [4.78, 5) is 37.7. The van der Waals surface area contributed by atoms with Crippen molar-refractivity contribution < 1.29 is 32.3 Å². The molecule has 2 N–H and O–H groups in total.